The average Bonchev–Trinajstić information content (AvgIpc) is 2.67. The Hall–Kier alpha value is -1.40. The number of hydrogen-bond donors (Lipinski definition) is 1. The van der Waals surface area contributed by atoms with Crippen molar-refractivity contribution < 1.29 is 13.2 Å². The fraction of sp³-hybridized carbons (Fsp3) is 0.667. The van der Waals surface area contributed by atoms with Crippen LogP contribution in [-0.2, 0) is 27.7 Å². The lowest BCUT2D eigenvalue weighted by Gasteiger charge is -2.31. The summed E-state index contributed by atoms with van der Waals surface area (Å²) in [5.41, 5.74) is 2.47. The normalized spacial score (nSPS) is 19.1. The number of hydrogen-bond acceptors (Lipinski definition) is 3. The maximum atomic E-state index is 13.0. The van der Waals surface area contributed by atoms with Crippen molar-refractivity contribution in [2.75, 3.05) is 19.6 Å². The number of nitrogens with one attached hydrogen (secondary N) is 1. The highest BCUT2D eigenvalue weighted by Gasteiger charge is 2.32. The van der Waals surface area contributed by atoms with Crippen molar-refractivity contribution in [3.05, 3.63) is 29.3 Å². The highest BCUT2D eigenvalue weighted by atomic mass is 32.2. The highest BCUT2D eigenvalue weighted by molar-refractivity contribution is 7.89. The second kappa shape index (κ2) is 8.74. The second-order valence-electron chi connectivity index (χ2n) is 8.29. The Morgan fingerprint density at radius 3 is 2.48 bits per heavy atom. The van der Waals surface area contributed by atoms with E-state index in [0.29, 0.717) is 43.3 Å². The molecule has 1 saturated heterocycles. The van der Waals surface area contributed by atoms with E-state index in [4.69, 9.17) is 0 Å². The summed E-state index contributed by atoms with van der Waals surface area (Å²) >= 11 is 0. The Bertz CT molecular complexity index is 766. The van der Waals surface area contributed by atoms with Gasteiger partial charge in [0, 0.05) is 25.6 Å². The van der Waals surface area contributed by atoms with Crippen LogP contribution in [0.4, 0.5) is 0 Å². The maximum absolute atomic E-state index is 13.0. The summed E-state index contributed by atoms with van der Waals surface area (Å²) in [4.78, 5) is 12.7. The molecule has 0 bridgehead atoms. The third kappa shape index (κ3) is 4.91. The van der Waals surface area contributed by atoms with Gasteiger partial charge in [0.25, 0.3) is 0 Å². The van der Waals surface area contributed by atoms with Crippen LogP contribution in [0.1, 0.15) is 57.1 Å². The fourth-order valence-electron chi connectivity index (χ4n) is 4.01. The number of piperidine rings is 1. The molecule has 1 heterocycles. The van der Waals surface area contributed by atoms with Crippen LogP contribution >= 0.6 is 0 Å². The van der Waals surface area contributed by atoms with E-state index < -0.39 is 10.0 Å². The smallest absolute Gasteiger partial charge is 0.243 e. The minimum absolute atomic E-state index is 0.0708. The molecule has 1 aliphatic heterocycles. The Morgan fingerprint density at radius 2 is 1.81 bits per heavy atom. The van der Waals surface area contributed by atoms with Gasteiger partial charge in [-0.3, -0.25) is 4.79 Å². The van der Waals surface area contributed by atoms with Gasteiger partial charge in [-0.05, 0) is 74.1 Å². The molecule has 0 radical (unpaired) electrons. The van der Waals surface area contributed by atoms with E-state index in [1.807, 2.05) is 12.1 Å². The zero-order valence-corrected chi connectivity index (χ0v) is 17.4. The van der Waals surface area contributed by atoms with Crippen LogP contribution in [0.15, 0.2) is 23.1 Å². The lowest BCUT2D eigenvalue weighted by molar-refractivity contribution is -0.126. The van der Waals surface area contributed by atoms with Gasteiger partial charge in [0.05, 0.1) is 4.90 Å². The van der Waals surface area contributed by atoms with Crippen LogP contribution in [0.3, 0.4) is 0 Å². The Kier molecular flexibility index (Phi) is 6.58. The minimum atomic E-state index is -3.47. The van der Waals surface area contributed by atoms with E-state index in [0.717, 1.165) is 25.7 Å². The van der Waals surface area contributed by atoms with Gasteiger partial charge in [0.1, 0.15) is 0 Å². The summed E-state index contributed by atoms with van der Waals surface area (Å²) in [6, 6.07) is 5.61. The topological polar surface area (TPSA) is 66.5 Å². The van der Waals surface area contributed by atoms with Crippen LogP contribution in [0, 0.1) is 11.8 Å². The second-order valence-corrected chi connectivity index (χ2v) is 10.2. The van der Waals surface area contributed by atoms with Crippen molar-refractivity contribution in [3.63, 3.8) is 0 Å². The first-order chi connectivity index (χ1) is 12.9. The van der Waals surface area contributed by atoms with Crippen LogP contribution in [0.2, 0.25) is 0 Å². The molecule has 0 atom stereocenters. The molecule has 150 valence electrons. The molecule has 0 spiro atoms. The molecular weight excluding hydrogens is 360 g/mol. The van der Waals surface area contributed by atoms with Gasteiger partial charge >= 0.3 is 0 Å². The van der Waals surface area contributed by atoms with Crippen LogP contribution < -0.4 is 5.32 Å². The number of carbonyl (C=O) groups excluding carboxylic acids is 1. The van der Waals surface area contributed by atoms with Crippen molar-refractivity contribution in [2.45, 2.75) is 63.7 Å². The molecule has 0 unspecified atom stereocenters. The Morgan fingerprint density at radius 1 is 1.15 bits per heavy atom. The van der Waals surface area contributed by atoms with Crippen LogP contribution in [0.5, 0.6) is 0 Å². The van der Waals surface area contributed by atoms with Gasteiger partial charge < -0.3 is 5.32 Å². The third-order valence-electron chi connectivity index (χ3n) is 5.80. The lowest BCUT2D eigenvalue weighted by Crippen LogP contribution is -2.43. The SMILES string of the molecule is CC(C)CCNC(=O)C1CCN(S(=O)(=O)c2ccc3c(c2)CCCC3)CC1. The van der Waals surface area contributed by atoms with Crippen molar-refractivity contribution in [1.29, 1.82) is 0 Å². The number of sulfonamides is 1. The quantitative estimate of drug-likeness (QED) is 0.809. The molecule has 2 aliphatic rings. The van der Waals surface area contributed by atoms with Gasteiger partial charge in [0.15, 0.2) is 0 Å². The Balaban J connectivity index is 1.59. The van der Waals surface area contributed by atoms with E-state index in [1.54, 1.807) is 10.4 Å². The van der Waals surface area contributed by atoms with Crippen molar-refractivity contribution >= 4 is 15.9 Å². The maximum Gasteiger partial charge on any atom is 0.243 e. The minimum Gasteiger partial charge on any atom is -0.356 e. The van der Waals surface area contributed by atoms with Gasteiger partial charge in [0.2, 0.25) is 15.9 Å². The number of fused-ring (bicyclic) bond motifs is 1. The summed E-state index contributed by atoms with van der Waals surface area (Å²) in [5, 5.41) is 3.00. The Labute approximate surface area is 163 Å². The van der Waals surface area contributed by atoms with Gasteiger partial charge in [-0.1, -0.05) is 19.9 Å². The third-order valence-corrected chi connectivity index (χ3v) is 7.70. The molecule has 27 heavy (non-hydrogen) atoms. The molecule has 1 aromatic rings. The van der Waals surface area contributed by atoms with Crippen molar-refractivity contribution in [3.8, 4) is 0 Å². The summed E-state index contributed by atoms with van der Waals surface area (Å²) in [6.07, 6.45) is 6.50. The first-order valence-electron chi connectivity index (χ1n) is 10.3. The molecule has 5 nitrogen and oxygen atoms in total. The molecule has 0 saturated carbocycles. The van der Waals surface area contributed by atoms with E-state index in [9.17, 15) is 13.2 Å². The highest BCUT2D eigenvalue weighted by Crippen LogP contribution is 2.28. The largest absolute Gasteiger partial charge is 0.356 e. The molecule has 6 heteroatoms. The standard InChI is InChI=1S/C21H32N2O3S/c1-16(2)9-12-22-21(24)18-10-13-23(14-11-18)27(25,26)20-8-7-17-5-3-4-6-19(17)15-20/h7-8,15-16,18H,3-6,9-14H2,1-2H3,(H,22,24). The molecule has 1 aromatic carbocycles. The first kappa shape index (κ1) is 20.3. The van der Waals surface area contributed by atoms with Gasteiger partial charge in [-0.15, -0.1) is 0 Å². The predicted molar refractivity (Wildman–Crippen MR) is 107 cm³/mol. The molecule has 3 rings (SSSR count). The average molecular weight is 393 g/mol. The number of amides is 1. The first-order valence-corrected chi connectivity index (χ1v) is 11.7. The van der Waals surface area contributed by atoms with E-state index in [1.165, 1.54) is 17.5 Å². The van der Waals surface area contributed by atoms with E-state index >= 15 is 0 Å². The lowest BCUT2D eigenvalue weighted by atomic mass is 9.92. The number of rotatable bonds is 6. The molecule has 0 aromatic heterocycles. The number of carbonyl (C=O) groups is 1. The summed E-state index contributed by atoms with van der Waals surface area (Å²) in [7, 11) is -3.47. The number of benzene rings is 1. The zero-order valence-electron chi connectivity index (χ0n) is 16.5. The summed E-state index contributed by atoms with van der Waals surface area (Å²) < 4.78 is 27.6. The van der Waals surface area contributed by atoms with Crippen LogP contribution in [-0.4, -0.2) is 38.3 Å². The molecule has 1 N–H and O–H groups in total. The number of nitrogens with zero attached hydrogens (tertiary/aromatic N) is 1. The predicted octanol–water partition coefficient (Wildman–Crippen LogP) is 3.13. The van der Waals surface area contributed by atoms with E-state index in [2.05, 4.69) is 19.2 Å². The monoisotopic (exact) mass is 392 g/mol. The summed E-state index contributed by atoms with van der Waals surface area (Å²) in [5.74, 6) is 0.558. The fourth-order valence-corrected chi connectivity index (χ4v) is 5.53. The van der Waals surface area contributed by atoms with Gasteiger partial charge in [-0.25, -0.2) is 8.42 Å². The molecule has 1 amide bonds. The van der Waals surface area contributed by atoms with Gasteiger partial charge in [-0.2, -0.15) is 4.31 Å². The van der Waals surface area contributed by atoms with Crippen molar-refractivity contribution in [1.82, 2.24) is 9.62 Å². The molecule has 1 fully saturated rings. The number of aryl methyl sites for hydroxylation is 2. The van der Waals surface area contributed by atoms with Crippen molar-refractivity contribution in [2.24, 2.45) is 11.8 Å². The zero-order chi connectivity index (χ0) is 19.4. The van der Waals surface area contributed by atoms with Crippen LogP contribution in [0.25, 0.3) is 0 Å². The molecule has 1 aliphatic carbocycles. The van der Waals surface area contributed by atoms with E-state index in [-0.39, 0.29) is 11.8 Å². The molecular formula is C21H32N2O3S. The summed E-state index contributed by atoms with van der Waals surface area (Å²) in [6.45, 7) is 5.81.